The summed E-state index contributed by atoms with van der Waals surface area (Å²) < 4.78 is 10.9. The van der Waals surface area contributed by atoms with Gasteiger partial charge in [-0.25, -0.2) is 0 Å². The Labute approximate surface area is 149 Å². The van der Waals surface area contributed by atoms with Gasteiger partial charge in [-0.3, -0.25) is 4.79 Å². The molecule has 0 aromatic heterocycles. The maximum absolute atomic E-state index is 12.3. The lowest BCUT2D eigenvalue weighted by Gasteiger charge is -2.14. The molecule has 134 valence electrons. The van der Waals surface area contributed by atoms with Crippen molar-refractivity contribution in [3.05, 3.63) is 59.7 Å². The van der Waals surface area contributed by atoms with Crippen LogP contribution >= 0.6 is 0 Å². The Balaban J connectivity index is 1.87. The summed E-state index contributed by atoms with van der Waals surface area (Å²) in [6, 6.07) is 15.4. The molecule has 0 heterocycles. The summed E-state index contributed by atoms with van der Waals surface area (Å²) in [6.45, 7) is 5.85. The van der Waals surface area contributed by atoms with Crippen molar-refractivity contribution < 1.29 is 14.3 Å². The first-order valence-electron chi connectivity index (χ1n) is 8.47. The van der Waals surface area contributed by atoms with Gasteiger partial charge >= 0.3 is 0 Å². The summed E-state index contributed by atoms with van der Waals surface area (Å²) in [5, 5.41) is 6.17. The molecule has 1 atom stereocenters. The summed E-state index contributed by atoms with van der Waals surface area (Å²) in [5.74, 6) is 0.610. The fourth-order valence-electron chi connectivity index (χ4n) is 2.33. The van der Waals surface area contributed by atoms with Gasteiger partial charge in [-0.05, 0) is 48.9 Å². The fourth-order valence-corrected chi connectivity index (χ4v) is 2.33. The van der Waals surface area contributed by atoms with Gasteiger partial charge in [0.25, 0.3) is 5.91 Å². The van der Waals surface area contributed by atoms with Crippen LogP contribution in [0.15, 0.2) is 48.5 Å². The SMILES string of the molecule is CCNCc1cccc(NC(=O)[C@H](C)OCc2cccc(OC)c2)c1. The summed E-state index contributed by atoms with van der Waals surface area (Å²) in [6.07, 6.45) is -0.552. The van der Waals surface area contributed by atoms with Crippen LogP contribution in [0.1, 0.15) is 25.0 Å². The third kappa shape index (κ3) is 6.21. The zero-order valence-electron chi connectivity index (χ0n) is 15.0. The van der Waals surface area contributed by atoms with Crippen molar-refractivity contribution in [2.75, 3.05) is 19.0 Å². The van der Waals surface area contributed by atoms with Crippen molar-refractivity contribution in [1.29, 1.82) is 0 Å². The number of rotatable bonds is 9. The van der Waals surface area contributed by atoms with Gasteiger partial charge in [0.05, 0.1) is 13.7 Å². The molecular formula is C20H26N2O3. The quantitative estimate of drug-likeness (QED) is 0.734. The highest BCUT2D eigenvalue weighted by atomic mass is 16.5. The summed E-state index contributed by atoms with van der Waals surface area (Å²) >= 11 is 0. The standard InChI is InChI=1S/C20H26N2O3/c1-4-21-13-16-7-5-9-18(11-16)22-20(23)15(2)25-14-17-8-6-10-19(12-17)24-3/h5-12,15,21H,4,13-14H2,1-3H3,(H,22,23)/t15-/m0/s1. The van der Waals surface area contributed by atoms with Crippen LogP contribution in [-0.4, -0.2) is 25.7 Å². The van der Waals surface area contributed by atoms with E-state index in [9.17, 15) is 4.79 Å². The van der Waals surface area contributed by atoms with Crippen LogP contribution in [-0.2, 0) is 22.7 Å². The lowest BCUT2D eigenvalue weighted by atomic mass is 10.2. The molecule has 2 aromatic carbocycles. The molecule has 0 unspecified atom stereocenters. The lowest BCUT2D eigenvalue weighted by molar-refractivity contribution is -0.127. The van der Waals surface area contributed by atoms with Crippen molar-refractivity contribution in [2.45, 2.75) is 33.1 Å². The average Bonchev–Trinajstić information content (AvgIpc) is 2.64. The highest BCUT2D eigenvalue weighted by Gasteiger charge is 2.14. The maximum Gasteiger partial charge on any atom is 0.253 e. The highest BCUT2D eigenvalue weighted by Crippen LogP contribution is 2.15. The van der Waals surface area contributed by atoms with E-state index in [0.29, 0.717) is 6.61 Å². The molecule has 5 heteroatoms. The summed E-state index contributed by atoms with van der Waals surface area (Å²) in [7, 11) is 1.63. The minimum absolute atomic E-state index is 0.163. The van der Waals surface area contributed by atoms with Crippen molar-refractivity contribution in [3.8, 4) is 5.75 Å². The third-order valence-corrected chi connectivity index (χ3v) is 3.78. The van der Waals surface area contributed by atoms with Crippen LogP contribution in [0.25, 0.3) is 0 Å². The van der Waals surface area contributed by atoms with Crippen LogP contribution in [0, 0.1) is 0 Å². The second-order valence-corrected chi connectivity index (χ2v) is 5.77. The number of methoxy groups -OCH3 is 1. The normalized spacial score (nSPS) is 11.8. The second-order valence-electron chi connectivity index (χ2n) is 5.77. The summed E-state index contributed by atoms with van der Waals surface area (Å²) in [5.41, 5.74) is 2.87. The van der Waals surface area contributed by atoms with E-state index >= 15 is 0 Å². The van der Waals surface area contributed by atoms with Gasteiger partial charge in [0, 0.05) is 12.2 Å². The minimum atomic E-state index is -0.552. The molecule has 0 spiro atoms. The minimum Gasteiger partial charge on any atom is -0.497 e. The molecule has 0 aliphatic heterocycles. The molecule has 2 N–H and O–H groups in total. The number of amides is 1. The number of carbonyl (C=O) groups is 1. The Morgan fingerprint density at radius 2 is 1.88 bits per heavy atom. The Bertz CT molecular complexity index is 688. The molecule has 0 saturated carbocycles. The molecule has 0 bridgehead atoms. The monoisotopic (exact) mass is 342 g/mol. The van der Waals surface area contributed by atoms with E-state index in [1.54, 1.807) is 14.0 Å². The Hall–Kier alpha value is -2.37. The number of carbonyl (C=O) groups excluding carboxylic acids is 1. The zero-order chi connectivity index (χ0) is 18.1. The maximum atomic E-state index is 12.3. The molecule has 2 rings (SSSR count). The van der Waals surface area contributed by atoms with Crippen molar-refractivity contribution in [1.82, 2.24) is 5.32 Å². The van der Waals surface area contributed by atoms with E-state index in [1.807, 2.05) is 48.5 Å². The van der Waals surface area contributed by atoms with E-state index in [4.69, 9.17) is 9.47 Å². The summed E-state index contributed by atoms with van der Waals surface area (Å²) in [4.78, 5) is 12.3. The molecule has 0 fully saturated rings. The smallest absolute Gasteiger partial charge is 0.253 e. The third-order valence-electron chi connectivity index (χ3n) is 3.78. The van der Waals surface area contributed by atoms with Gasteiger partial charge in [0.2, 0.25) is 0 Å². The Kier molecular flexibility index (Phi) is 7.44. The van der Waals surface area contributed by atoms with Gasteiger partial charge in [0.1, 0.15) is 11.9 Å². The van der Waals surface area contributed by atoms with E-state index in [2.05, 4.69) is 17.6 Å². The molecule has 0 saturated heterocycles. The molecule has 1 amide bonds. The van der Waals surface area contributed by atoms with Crippen LogP contribution in [0.3, 0.4) is 0 Å². The number of anilines is 1. The van der Waals surface area contributed by atoms with E-state index < -0.39 is 6.10 Å². The molecule has 25 heavy (non-hydrogen) atoms. The molecular weight excluding hydrogens is 316 g/mol. The zero-order valence-corrected chi connectivity index (χ0v) is 15.0. The largest absolute Gasteiger partial charge is 0.497 e. The van der Waals surface area contributed by atoms with E-state index in [-0.39, 0.29) is 5.91 Å². The topological polar surface area (TPSA) is 59.6 Å². The van der Waals surface area contributed by atoms with Crippen LogP contribution < -0.4 is 15.4 Å². The number of hydrogen-bond acceptors (Lipinski definition) is 4. The van der Waals surface area contributed by atoms with Crippen molar-refractivity contribution >= 4 is 11.6 Å². The highest BCUT2D eigenvalue weighted by molar-refractivity contribution is 5.93. The first-order valence-corrected chi connectivity index (χ1v) is 8.47. The van der Waals surface area contributed by atoms with E-state index in [1.165, 1.54) is 0 Å². The van der Waals surface area contributed by atoms with E-state index in [0.717, 1.165) is 35.7 Å². The van der Waals surface area contributed by atoms with Crippen LogP contribution in [0.5, 0.6) is 5.75 Å². The number of hydrogen-bond donors (Lipinski definition) is 2. The predicted octanol–water partition coefficient (Wildman–Crippen LogP) is 3.35. The van der Waals surface area contributed by atoms with Crippen molar-refractivity contribution in [2.24, 2.45) is 0 Å². The van der Waals surface area contributed by atoms with Gasteiger partial charge in [-0.15, -0.1) is 0 Å². The van der Waals surface area contributed by atoms with Gasteiger partial charge in [-0.1, -0.05) is 31.2 Å². The average molecular weight is 342 g/mol. The fraction of sp³-hybridized carbons (Fsp3) is 0.350. The molecule has 5 nitrogen and oxygen atoms in total. The van der Waals surface area contributed by atoms with Crippen molar-refractivity contribution in [3.63, 3.8) is 0 Å². The molecule has 2 aromatic rings. The lowest BCUT2D eigenvalue weighted by Crippen LogP contribution is -2.27. The first kappa shape index (κ1) is 19.0. The van der Waals surface area contributed by atoms with Crippen LogP contribution in [0.4, 0.5) is 5.69 Å². The predicted molar refractivity (Wildman–Crippen MR) is 99.7 cm³/mol. The Morgan fingerprint density at radius 3 is 2.64 bits per heavy atom. The molecule has 0 aliphatic rings. The molecule has 0 radical (unpaired) electrons. The van der Waals surface area contributed by atoms with Gasteiger partial charge in [0.15, 0.2) is 0 Å². The molecule has 0 aliphatic carbocycles. The van der Waals surface area contributed by atoms with Gasteiger partial charge in [-0.2, -0.15) is 0 Å². The Morgan fingerprint density at radius 1 is 1.12 bits per heavy atom. The van der Waals surface area contributed by atoms with Crippen LogP contribution in [0.2, 0.25) is 0 Å². The number of benzene rings is 2. The number of ether oxygens (including phenoxy) is 2. The number of nitrogens with one attached hydrogen (secondary N) is 2. The first-order chi connectivity index (χ1) is 12.1. The van der Waals surface area contributed by atoms with Gasteiger partial charge < -0.3 is 20.1 Å². The second kappa shape index (κ2) is 9.81.